The summed E-state index contributed by atoms with van der Waals surface area (Å²) in [6.07, 6.45) is 1.69. The molecule has 5 aliphatic carbocycles. The van der Waals surface area contributed by atoms with E-state index < -0.39 is 60.2 Å². The van der Waals surface area contributed by atoms with Crippen LogP contribution in [0.3, 0.4) is 0 Å². The minimum Gasteiger partial charge on any atom is -0.432 e. The number of allylic oxidation sites excluding steroid dienone is 3. The highest BCUT2D eigenvalue weighted by atomic mass is 16.7. The van der Waals surface area contributed by atoms with Crippen LogP contribution in [-0.2, 0) is 14.3 Å². The van der Waals surface area contributed by atoms with Gasteiger partial charge in [0, 0.05) is 5.41 Å². The zero-order valence-electron chi connectivity index (χ0n) is 28.0. The lowest BCUT2D eigenvalue weighted by atomic mass is 9.34. The number of carbonyl (C=O) groups is 1. The Balaban J connectivity index is 1.38. The van der Waals surface area contributed by atoms with Crippen molar-refractivity contribution in [1.82, 2.24) is 0 Å². The van der Waals surface area contributed by atoms with Crippen molar-refractivity contribution in [3.8, 4) is 0 Å². The molecule has 0 bridgehead atoms. The van der Waals surface area contributed by atoms with E-state index in [9.17, 15) is 35.4 Å². The Morgan fingerprint density at radius 1 is 0.911 bits per heavy atom. The summed E-state index contributed by atoms with van der Waals surface area (Å²) in [7, 11) is 0. The Morgan fingerprint density at radius 3 is 2.29 bits per heavy atom. The summed E-state index contributed by atoms with van der Waals surface area (Å²) in [4.78, 5) is 14.4. The Hall–Kier alpha value is -1.33. The Bertz CT molecular complexity index is 1260. The van der Waals surface area contributed by atoms with Crippen LogP contribution in [0.25, 0.3) is 0 Å². The van der Waals surface area contributed by atoms with Gasteiger partial charge in [0.25, 0.3) is 0 Å². The molecule has 0 aromatic heterocycles. The molecule has 1 heterocycles. The van der Waals surface area contributed by atoms with Gasteiger partial charge in [-0.25, -0.2) is 0 Å². The highest BCUT2D eigenvalue weighted by Crippen LogP contribution is 2.75. The van der Waals surface area contributed by atoms with Crippen LogP contribution < -0.4 is 0 Å². The number of ether oxygens (including phenoxy) is 2. The molecule has 6 N–H and O–H groups in total. The molecule has 0 unspecified atom stereocenters. The molecule has 4 fully saturated rings. The maximum atomic E-state index is 14.4. The molecule has 14 atom stereocenters. The van der Waals surface area contributed by atoms with E-state index in [-0.39, 0.29) is 28.8 Å². The molecule has 1 aliphatic heterocycles. The van der Waals surface area contributed by atoms with E-state index in [0.29, 0.717) is 31.1 Å². The standard InChI is InChI=1S/C36H56O9/c1-19-9-14-36(31(43)45-30-29(42)28(41)27(40)22(17-37)44-30)16-15-34(5)21(26(36)20(19)2)7-8-24-32(3)12-11-25(39)33(4,18-38)23(32)10-13-35(24,34)6/h7,19,22-25,27-30,37-42H,8-18H2,1-6H3/t19-,22+,23-,24-,25+,27+,28-,29+,30-,32+,33+,34-,35-,36+/m1/s1. The molecule has 0 aromatic rings. The first-order valence-electron chi connectivity index (χ1n) is 17.3. The summed E-state index contributed by atoms with van der Waals surface area (Å²) in [5.41, 5.74) is 1.77. The van der Waals surface area contributed by atoms with E-state index in [1.54, 1.807) is 0 Å². The van der Waals surface area contributed by atoms with Gasteiger partial charge in [-0.2, -0.15) is 0 Å². The number of rotatable bonds is 4. The largest absolute Gasteiger partial charge is 0.432 e. The second-order valence-electron chi connectivity index (χ2n) is 16.7. The van der Waals surface area contributed by atoms with Crippen molar-refractivity contribution in [2.24, 2.45) is 44.8 Å². The number of esters is 1. The summed E-state index contributed by atoms with van der Waals surface area (Å²) < 4.78 is 11.5. The molecule has 45 heavy (non-hydrogen) atoms. The van der Waals surface area contributed by atoms with Gasteiger partial charge in [0.1, 0.15) is 24.4 Å². The molecule has 1 saturated heterocycles. The molecular weight excluding hydrogens is 576 g/mol. The van der Waals surface area contributed by atoms with E-state index >= 15 is 0 Å². The van der Waals surface area contributed by atoms with Crippen molar-refractivity contribution in [3.05, 3.63) is 22.8 Å². The van der Waals surface area contributed by atoms with Gasteiger partial charge in [0.2, 0.25) is 6.29 Å². The lowest BCUT2D eigenvalue weighted by Gasteiger charge is -2.70. The van der Waals surface area contributed by atoms with Gasteiger partial charge in [-0.3, -0.25) is 4.79 Å². The maximum absolute atomic E-state index is 14.4. The summed E-state index contributed by atoms with van der Waals surface area (Å²) >= 11 is 0. The van der Waals surface area contributed by atoms with Crippen LogP contribution in [0.1, 0.15) is 99.3 Å². The van der Waals surface area contributed by atoms with Gasteiger partial charge in [0.15, 0.2) is 0 Å². The Labute approximate surface area is 267 Å². The molecule has 0 radical (unpaired) electrons. The fourth-order valence-electron chi connectivity index (χ4n) is 11.6. The van der Waals surface area contributed by atoms with E-state index in [1.165, 1.54) is 11.1 Å². The van der Waals surface area contributed by atoms with Gasteiger partial charge in [-0.1, -0.05) is 46.3 Å². The second-order valence-corrected chi connectivity index (χ2v) is 16.7. The molecule has 0 amide bonds. The minimum absolute atomic E-state index is 0.0146. The van der Waals surface area contributed by atoms with E-state index in [0.717, 1.165) is 44.1 Å². The van der Waals surface area contributed by atoms with Gasteiger partial charge in [-0.05, 0) is 110 Å². The first-order valence-corrected chi connectivity index (χ1v) is 17.3. The number of hydrogen-bond acceptors (Lipinski definition) is 9. The zero-order valence-corrected chi connectivity index (χ0v) is 28.0. The minimum atomic E-state index is -1.64. The first-order chi connectivity index (χ1) is 21.1. The van der Waals surface area contributed by atoms with E-state index in [2.05, 4.69) is 47.6 Å². The highest BCUT2D eigenvalue weighted by Gasteiger charge is 2.69. The topological polar surface area (TPSA) is 157 Å². The Kier molecular flexibility index (Phi) is 8.29. The predicted octanol–water partition coefficient (Wildman–Crippen LogP) is 3.38. The van der Waals surface area contributed by atoms with E-state index in [1.807, 2.05) is 0 Å². The van der Waals surface area contributed by atoms with Gasteiger partial charge >= 0.3 is 5.97 Å². The normalized spacial score (nSPS) is 53.0. The molecule has 0 spiro atoms. The predicted molar refractivity (Wildman–Crippen MR) is 166 cm³/mol. The van der Waals surface area contributed by atoms with Crippen LogP contribution in [0.5, 0.6) is 0 Å². The molecule has 0 aromatic carbocycles. The van der Waals surface area contributed by atoms with Crippen LogP contribution in [0, 0.1) is 44.8 Å². The van der Waals surface area contributed by atoms with Crippen LogP contribution in [0.15, 0.2) is 22.8 Å². The third kappa shape index (κ3) is 4.40. The van der Waals surface area contributed by atoms with Crippen molar-refractivity contribution in [2.75, 3.05) is 13.2 Å². The van der Waals surface area contributed by atoms with Crippen LogP contribution in [0.4, 0.5) is 0 Å². The average Bonchev–Trinajstić information content (AvgIpc) is 3.01. The summed E-state index contributed by atoms with van der Waals surface area (Å²) in [5.74, 6) is 0.396. The molecule has 9 heteroatoms. The van der Waals surface area contributed by atoms with Crippen LogP contribution >= 0.6 is 0 Å². The summed E-state index contributed by atoms with van der Waals surface area (Å²) in [6, 6.07) is 0. The molecule has 9 nitrogen and oxygen atoms in total. The lowest BCUT2D eigenvalue weighted by molar-refractivity contribution is -0.295. The fourth-order valence-corrected chi connectivity index (χ4v) is 11.6. The van der Waals surface area contributed by atoms with E-state index in [4.69, 9.17) is 9.47 Å². The van der Waals surface area contributed by atoms with Gasteiger partial charge in [-0.15, -0.1) is 0 Å². The maximum Gasteiger partial charge on any atom is 0.318 e. The van der Waals surface area contributed by atoms with Gasteiger partial charge in [0.05, 0.1) is 24.7 Å². The number of fused-ring (bicyclic) bond motifs is 7. The fraction of sp³-hybridized carbons (Fsp3) is 0.861. The first kappa shape index (κ1) is 33.6. The zero-order chi connectivity index (χ0) is 32.9. The quantitative estimate of drug-likeness (QED) is 0.256. The number of aliphatic hydroxyl groups excluding tert-OH is 6. The number of carbonyl (C=O) groups excluding carboxylic acids is 1. The molecule has 6 rings (SSSR count). The summed E-state index contributed by atoms with van der Waals surface area (Å²) in [6.45, 7) is 13.1. The lowest BCUT2D eigenvalue weighted by Crippen LogP contribution is -2.65. The van der Waals surface area contributed by atoms with Crippen molar-refractivity contribution in [2.45, 2.75) is 136 Å². The van der Waals surface area contributed by atoms with Gasteiger partial charge < -0.3 is 40.1 Å². The SMILES string of the molecule is CC1=C2C3=CC[C@@H]4[C@@]5(C)CC[C@H](O)[C@@](C)(CO)[C@@H]5CC[C@@]4(C)[C@]3(C)CC[C@@]2(C(=O)O[C@H]2O[C@@H](CO)[C@H](O)[C@@H](O)[C@@H]2O)CC[C@H]1C. The third-order valence-electron chi connectivity index (χ3n) is 15.0. The molecular formula is C36H56O9. The molecule has 3 saturated carbocycles. The monoisotopic (exact) mass is 632 g/mol. The van der Waals surface area contributed by atoms with Crippen LogP contribution in [0.2, 0.25) is 0 Å². The molecule has 254 valence electrons. The summed E-state index contributed by atoms with van der Waals surface area (Å²) in [5, 5.41) is 62.6. The highest BCUT2D eigenvalue weighted by molar-refractivity contribution is 5.84. The smallest absolute Gasteiger partial charge is 0.318 e. The third-order valence-corrected chi connectivity index (χ3v) is 15.0. The number of aliphatic hydroxyl groups is 6. The van der Waals surface area contributed by atoms with Crippen molar-refractivity contribution < 1.29 is 44.9 Å². The average molecular weight is 633 g/mol. The second kappa shape index (κ2) is 11.1. The Morgan fingerprint density at radius 2 is 1.62 bits per heavy atom. The van der Waals surface area contributed by atoms with Crippen molar-refractivity contribution in [3.63, 3.8) is 0 Å². The van der Waals surface area contributed by atoms with Crippen molar-refractivity contribution in [1.29, 1.82) is 0 Å². The van der Waals surface area contributed by atoms with Crippen molar-refractivity contribution >= 4 is 5.97 Å². The van der Waals surface area contributed by atoms with Crippen LogP contribution in [-0.4, -0.2) is 86.6 Å². The number of hydrogen-bond donors (Lipinski definition) is 6. The molecule has 6 aliphatic rings.